The van der Waals surface area contributed by atoms with Gasteiger partial charge in [-0.15, -0.1) is 0 Å². The van der Waals surface area contributed by atoms with E-state index in [1.807, 2.05) is 11.6 Å². The van der Waals surface area contributed by atoms with Crippen LogP contribution in [0.4, 0.5) is 17.1 Å². The highest BCUT2D eigenvalue weighted by atomic mass is 16.6. The summed E-state index contributed by atoms with van der Waals surface area (Å²) in [6.45, 7) is 6.22. The van der Waals surface area contributed by atoms with Crippen LogP contribution in [0.1, 0.15) is 37.2 Å². The molecule has 10 heteroatoms. The fraction of sp³-hybridized carbons (Fsp3) is 0.273. The molecule has 1 aliphatic carbocycles. The van der Waals surface area contributed by atoms with Crippen molar-refractivity contribution in [2.45, 2.75) is 33.6 Å². The van der Waals surface area contributed by atoms with Crippen LogP contribution in [0, 0.1) is 32.6 Å². The Morgan fingerprint density at radius 2 is 1.53 bits per heavy atom. The van der Waals surface area contributed by atoms with Gasteiger partial charge in [0, 0.05) is 29.8 Å². The summed E-state index contributed by atoms with van der Waals surface area (Å²) in [5.41, 5.74) is 8.00. The van der Waals surface area contributed by atoms with Crippen LogP contribution in [-0.4, -0.2) is 25.3 Å². The van der Waals surface area contributed by atoms with Gasteiger partial charge in [0.05, 0.1) is 38.3 Å². The number of hydrazone groups is 1. The van der Waals surface area contributed by atoms with E-state index in [4.69, 9.17) is 5.10 Å². The van der Waals surface area contributed by atoms with E-state index in [2.05, 4.69) is 24.4 Å². The molecule has 0 radical (unpaired) electrons. The van der Waals surface area contributed by atoms with Crippen molar-refractivity contribution in [3.63, 3.8) is 0 Å². The smallest absolute Gasteiger partial charge is 0.269 e. The van der Waals surface area contributed by atoms with Gasteiger partial charge < -0.3 is 0 Å². The average molecular weight is 434 g/mol. The predicted octanol–water partition coefficient (Wildman–Crippen LogP) is 4.79. The first-order valence-electron chi connectivity index (χ1n) is 10.1. The zero-order chi connectivity index (χ0) is 23.0. The molecule has 0 saturated carbocycles. The molecular weight excluding hydrogens is 412 g/mol. The van der Waals surface area contributed by atoms with Gasteiger partial charge in [0.25, 0.3) is 11.4 Å². The number of benzene rings is 2. The van der Waals surface area contributed by atoms with Gasteiger partial charge in [-0.25, -0.2) is 4.68 Å². The number of anilines is 1. The monoisotopic (exact) mass is 434 g/mol. The minimum absolute atomic E-state index is 0.0181. The minimum Gasteiger partial charge on any atom is -0.278 e. The SMILES string of the molecule is Cc1nn(-c2ccc([N+](=O)[O-])cc2)c2c1C(=NNc1ccc([N+](=O)[O-])cc1)CC(C)(C)C2. The van der Waals surface area contributed by atoms with Crippen LogP contribution < -0.4 is 5.43 Å². The first-order valence-corrected chi connectivity index (χ1v) is 10.1. The Morgan fingerprint density at radius 1 is 0.969 bits per heavy atom. The molecule has 3 aromatic rings. The third kappa shape index (κ3) is 4.07. The molecule has 0 unspecified atom stereocenters. The van der Waals surface area contributed by atoms with Gasteiger partial charge in [-0.05, 0) is 49.4 Å². The summed E-state index contributed by atoms with van der Waals surface area (Å²) in [4.78, 5) is 21.0. The fourth-order valence-corrected chi connectivity index (χ4v) is 3.99. The second kappa shape index (κ2) is 7.88. The van der Waals surface area contributed by atoms with E-state index in [1.54, 1.807) is 24.3 Å². The maximum atomic E-state index is 11.0. The summed E-state index contributed by atoms with van der Waals surface area (Å²) in [7, 11) is 0. The number of aromatic nitrogens is 2. The van der Waals surface area contributed by atoms with Crippen molar-refractivity contribution in [3.05, 3.63) is 85.7 Å². The highest BCUT2D eigenvalue weighted by Crippen LogP contribution is 2.37. The molecule has 0 atom stereocenters. The zero-order valence-electron chi connectivity index (χ0n) is 17.9. The number of hydrogen-bond acceptors (Lipinski definition) is 7. The standard InChI is InChI=1S/C22H22N6O4/c1-14-21-19(24-23-15-4-6-17(7-5-15)27(29)30)12-22(2,3)13-20(21)26(25-14)16-8-10-18(11-9-16)28(31)32/h4-11,23H,12-13H2,1-3H3. The molecule has 4 rings (SSSR count). The Labute approximate surface area is 183 Å². The van der Waals surface area contributed by atoms with E-state index < -0.39 is 9.85 Å². The molecule has 0 bridgehead atoms. The normalized spacial score (nSPS) is 15.9. The highest BCUT2D eigenvalue weighted by Gasteiger charge is 2.34. The summed E-state index contributed by atoms with van der Waals surface area (Å²) in [5, 5.41) is 31.2. The Balaban J connectivity index is 1.71. The molecule has 1 aliphatic rings. The van der Waals surface area contributed by atoms with Gasteiger partial charge in [-0.3, -0.25) is 25.7 Å². The average Bonchev–Trinajstić information content (AvgIpc) is 3.07. The van der Waals surface area contributed by atoms with Crippen LogP contribution in [0.25, 0.3) is 5.69 Å². The maximum absolute atomic E-state index is 11.0. The molecule has 0 saturated heterocycles. The van der Waals surface area contributed by atoms with E-state index in [9.17, 15) is 20.2 Å². The van der Waals surface area contributed by atoms with E-state index in [-0.39, 0.29) is 16.8 Å². The van der Waals surface area contributed by atoms with Crippen LogP contribution in [0.5, 0.6) is 0 Å². The van der Waals surface area contributed by atoms with E-state index in [0.29, 0.717) is 5.69 Å². The van der Waals surface area contributed by atoms with Crippen molar-refractivity contribution in [1.29, 1.82) is 0 Å². The van der Waals surface area contributed by atoms with E-state index >= 15 is 0 Å². The molecule has 1 heterocycles. The topological polar surface area (TPSA) is 128 Å². The molecule has 32 heavy (non-hydrogen) atoms. The fourth-order valence-electron chi connectivity index (χ4n) is 3.99. The molecule has 0 aliphatic heterocycles. The summed E-state index contributed by atoms with van der Waals surface area (Å²) < 4.78 is 1.83. The van der Waals surface area contributed by atoms with Crippen LogP contribution in [0.2, 0.25) is 0 Å². The van der Waals surface area contributed by atoms with Crippen molar-refractivity contribution < 1.29 is 9.85 Å². The molecule has 2 aromatic carbocycles. The van der Waals surface area contributed by atoms with Crippen molar-refractivity contribution in [2.75, 3.05) is 5.43 Å². The molecular formula is C22H22N6O4. The van der Waals surface area contributed by atoms with Gasteiger partial charge in [0.15, 0.2) is 0 Å². The third-order valence-corrected chi connectivity index (χ3v) is 5.44. The Bertz CT molecular complexity index is 1230. The summed E-state index contributed by atoms with van der Waals surface area (Å²) in [5.74, 6) is 0. The van der Waals surface area contributed by atoms with Gasteiger partial charge in [-0.2, -0.15) is 10.2 Å². The maximum Gasteiger partial charge on any atom is 0.269 e. The Kier molecular flexibility index (Phi) is 5.21. The number of rotatable bonds is 5. The molecule has 1 N–H and O–H groups in total. The highest BCUT2D eigenvalue weighted by molar-refractivity contribution is 6.04. The molecule has 164 valence electrons. The number of aryl methyl sites for hydroxylation is 1. The lowest BCUT2D eigenvalue weighted by Crippen LogP contribution is -2.29. The van der Waals surface area contributed by atoms with Gasteiger partial charge in [0.2, 0.25) is 0 Å². The first-order chi connectivity index (χ1) is 15.1. The van der Waals surface area contributed by atoms with Crippen molar-refractivity contribution >= 4 is 22.8 Å². The predicted molar refractivity (Wildman–Crippen MR) is 120 cm³/mol. The van der Waals surface area contributed by atoms with Crippen LogP contribution in [0.15, 0.2) is 53.6 Å². The number of nitrogens with zero attached hydrogens (tertiary/aromatic N) is 5. The minimum atomic E-state index is -0.443. The molecule has 10 nitrogen and oxygen atoms in total. The van der Waals surface area contributed by atoms with Crippen LogP contribution in [0.3, 0.4) is 0 Å². The van der Waals surface area contributed by atoms with E-state index in [0.717, 1.165) is 41.2 Å². The molecule has 0 amide bonds. The third-order valence-electron chi connectivity index (χ3n) is 5.44. The van der Waals surface area contributed by atoms with Crippen molar-refractivity contribution in [2.24, 2.45) is 10.5 Å². The van der Waals surface area contributed by atoms with Gasteiger partial charge in [-0.1, -0.05) is 13.8 Å². The van der Waals surface area contributed by atoms with Crippen LogP contribution in [-0.2, 0) is 6.42 Å². The zero-order valence-corrected chi connectivity index (χ0v) is 17.9. The van der Waals surface area contributed by atoms with E-state index in [1.165, 1.54) is 24.3 Å². The van der Waals surface area contributed by atoms with Gasteiger partial charge in [0.1, 0.15) is 0 Å². The quantitative estimate of drug-likeness (QED) is 0.454. The number of hydrogen-bond donors (Lipinski definition) is 1. The number of non-ortho nitro benzene ring substituents is 2. The number of nitrogens with one attached hydrogen (secondary N) is 1. The number of fused-ring (bicyclic) bond motifs is 1. The largest absolute Gasteiger partial charge is 0.278 e. The van der Waals surface area contributed by atoms with Gasteiger partial charge >= 0.3 is 0 Å². The number of nitro benzene ring substituents is 2. The second-order valence-electron chi connectivity index (χ2n) is 8.58. The van der Waals surface area contributed by atoms with Crippen molar-refractivity contribution in [1.82, 2.24) is 9.78 Å². The lowest BCUT2D eigenvalue weighted by Gasteiger charge is -2.31. The van der Waals surface area contributed by atoms with Crippen molar-refractivity contribution in [3.8, 4) is 5.69 Å². The Morgan fingerprint density at radius 3 is 2.09 bits per heavy atom. The lowest BCUT2D eigenvalue weighted by atomic mass is 9.75. The lowest BCUT2D eigenvalue weighted by molar-refractivity contribution is -0.385. The summed E-state index contributed by atoms with van der Waals surface area (Å²) >= 11 is 0. The molecule has 1 aromatic heterocycles. The molecule has 0 spiro atoms. The summed E-state index contributed by atoms with van der Waals surface area (Å²) in [6.07, 6.45) is 1.50. The summed E-state index contributed by atoms with van der Waals surface area (Å²) in [6, 6.07) is 12.4. The number of nitro groups is 2. The second-order valence-corrected chi connectivity index (χ2v) is 8.58. The van der Waals surface area contributed by atoms with Crippen LogP contribution >= 0.6 is 0 Å². The molecule has 0 fully saturated rings. The Hall–Kier alpha value is -4.08. The first kappa shape index (κ1) is 21.2.